The summed E-state index contributed by atoms with van der Waals surface area (Å²) in [4.78, 5) is 23.9. The van der Waals surface area contributed by atoms with E-state index in [0.717, 1.165) is 5.56 Å². The molecule has 0 aliphatic heterocycles. The van der Waals surface area contributed by atoms with Gasteiger partial charge in [0.1, 0.15) is 11.6 Å². The Kier molecular flexibility index (Phi) is 8.38. The lowest BCUT2D eigenvalue weighted by Gasteiger charge is -2.28. The van der Waals surface area contributed by atoms with Gasteiger partial charge in [-0.05, 0) is 38.3 Å². The molecule has 0 radical (unpaired) electrons. The van der Waals surface area contributed by atoms with Gasteiger partial charge in [-0.1, -0.05) is 60.7 Å². The highest BCUT2D eigenvalue weighted by Crippen LogP contribution is 2.14. The number of aliphatic carboxylic acids is 1. The average Bonchev–Trinajstić information content (AvgIpc) is 2.67. The molecule has 2 rings (SSSR count). The van der Waals surface area contributed by atoms with Gasteiger partial charge in [0.2, 0.25) is 0 Å². The van der Waals surface area contributed by atoms with E-state index in [9.17, 15) is 19.8 Å². The Bertz CT molecular complexity index is 805. The van der Waals surface area contributed by atoms with Crippen LogP contribution in [0.1, 0.15) is 37.9 Å². The van der Waals surface area contributed by atoms with E-state index in [0.29, 0.717) is 12.0 Å². The Morgan fingerprint density at radius 1 is 1.00 bits per heavy atom. The van der Waals surface area contributed by atoms with Crippen LogP contribution in [0.3, 0.4) is 0 Å². The van der Waals surface area contributed by atoms with Crippen LogP contribution in [0.5, 0.6) is 0 Å². The second-order valence-corrected chi connectivity index (χ2v) is 8.10. The third-order valence-corrected chi connectivity index (χ3v) is 4.38. The van der Waals surface area contributed by atoms with Crippen molar-refractivity contribution in [3.8, 4) is 0 Å². The van der Waals surface area contributed by atoms with E-state index in [4.69, 9.17) is 4.74 Å². The summed E-state index contributed by atoms with van der Waals surface area (Å²) in [5, 5.41) is 25.9. The topological polar surface area (TPSA) is 108 Å². The predicted octanol–water partition coefficient (Wildman–Crippen LogP) is 2.90. The minimum atomic E-state index is -1.05. The van der Waals surface area contributed by atoms with E-state index in [-0.39, 0.29) is 6.54 Å². The minimum Gasteiger partial charge on any atom is -0.480 e. The largest absolute Gasteiger partial charge is 0.480 e. The molecule has 0 heterocycles. The first-order valence-electron chi connectivity index (χ1n) is 9.88. The fourth-order valence-corrected chi connectivity index (χ4v) is 2.98. The standard InChI is InChI=1S/C23H30N2O5/c1-23(2,3)30-22(29)25-18(14-16-10-6-4-7-11-16)19(26)15-24-20(21(27)28)17-12-8-5-9-13-17/h4-13,18-20,24,26H,14-15H2,1-3H3,(H,25,29)(H,27,28)/t18-,19+,20?/m0/s1. The van der Waals surface area contributed by atoms with Crippen LogP contribution in [0.2, 0.25) is 0 Å². The van der Waals surface area contributed by atoms with Crippen molar-refractivity contribution in [2.45, 2.75) is 51.0 Å². The molecule has 7 heteroatoms. The summed E-state index contributed by atoms with van der Waals surface area (Å²) in [5.74, 6) is -1.05. The van der Waals surface area contributed by atoms with Crippen molar-refractivity contribution in [1.82, 2.24) is 10.6 Å². The van der Waals surface area contributed by atoms with Crippen LogP contribution >= 0.6 is 0 Å². The molecule has 1 unspecified atom stereocenters. The van der Waals surface area contributed by atoms with E-state index in [2.05, 4.69) is 10.6 Å². The molecular weight excluding hydrogens is 384 g/mol. The summed E-state index contributed by atoms with van der Waals surface area (Å²) < 4.78 is 5.31. The number of rotatable bonds is 9. The molecule has 1 amide bonds. The molecule has 3 atom stereocenters. The maximum Gasteiger partial charge on any atom is 0.407 e. The highest BCUT2D eigenvalue weighted by Gasteiger charge is 2.27. The predicted molar refractivity (Wildman–Crippen MR) is 114 cm³/mol. The zero-order valence-electron chi connectivity index (χ0n) is 17.5. The second-order valence-electron chi connectivity index (χ2n) is 8.10. The number of hydrogen-bond acceptors (Lipinski definition) is 5. The fourth-order valence-electron chi connectivity index (χ4n) is 2.98. The summed E-state index contributed by atoms with van der Waals surface area (Å²) in [6.07, 6.45) is -1.31. The second kappa shape index (κ2) is 10.8. The molecule has 0 aliphatic rings. The van der Waals surface area contributed by atoms with Crippen LogP contribution in [0.25, 0.3) is 0 Å². The fraction of sp³-hybridized carbons (Fsp3) is 0.391. The zero-order chi connectivity index (χ0) is 22.1. The first kappa shape index (κ1) is 23.4. The van der Waals surface area contributed by atoms with Crippen molar-refractivity contribution in [1.29, 1.82) is 0 Å². The van der Waals surface area contributed by atoms with E-state index in [1.165, 1.54) is 0 Å². The van der Waals surface area contributed by atoms with Crippen molar-refractivity contribution in [3.05, 3.63) is 71.8 Å². The molecule has 0 aromatic heterocycles. The van der Waals surface area contributed by atoms with E-state index in [1.54, 1.807) is 51.1 Å². The highest BCUT2D eigenvalue weighted by molar-refractivity contribution is 5.75. The Hall–Kier alpha value is -2.90. The molecule has 2 aromatic rings. The number of aliphatic hydroxyl groups is 1. The van der Waals surface area contributed by atoms with Crippen molar-refractivity contribution >= 4 is 12.1 Å². The lowest BCUT2D eigenvalue weighted by atomic mass is 10.0. The smallest absolute Gasteiger partial charge is 0.407 e. The summed E-state index contributed by atoms with van der Waals surface area (Å²) in [6.45, 7) is 5.25. The number of carboxylic acids is 1. The summed E-state index contributed by atoms with van der Waals surface area (Å²) >= 11 is 0. The summed E-state index contributed by atoms with van der Waals surface area (Å²) in [5.41, 5.74) is 0.833. The molecule has 0 fully saturated rings. The van der Waals surface area contributed by atoms with Crippen LogP contribution in [-0.2, 0) is 16.0 Å². The van der Waals surface area contributed by atoms with Gasteiger partial charge in [0.15, 0.2) is 0 Å². The van der Waals surface area contributed by atoms with Gasteiger partial charge in [0.25, 0.3) is 0 Å². The lowest BCUT2D eigenvalue weighted by molar-refractivity contribution is -0.139. The van der Waals surface area contributed by atoms with Gasteiger partial charge in [-0.3, -0.25) is 10.1 Å². The van der Waals surface area contributed by atoms with Crippen LogP contribution < -0.4 is 10.6 Å². The van der Waals surface area contributed by atoms with Gasteiger partial charge in [-0.15, -0.1) is 0 Å². The Labute approximate surface area is 177 Å². The third-order valence-electron chi connectivity index (χ3n) is 4.38. The van der Waals surface area contributed by atoms with Gasteiger partial charge in [-0.2, -0.15) is 0 Å². The molecular formula is C23H30N2O5. The number of carbonyl (C=O) groups excluding carboxylic acids is 1. The van der Waals surface area contributed by atoms with Gasteiger partial charge >= 0.3 is 12.1 Å². The van der Waals surface area contributed by atoms with Crippen molar-refractivity contribution in [2.24, 2.45) is 0 Å². The van der Waals surface area contributed by atoms with Crippen molar-refractivity contribution in [2.75, 3.05) is 6.54 Å². The van der Waals surface area contributed by atoms with E-state index < -0.39 is 35.9 Å². The summed E-state index contributed by atoms with van der Waals surface area (Å²) in [7, 11) is 0. The number of amides is 1. The molecule has 0 aliphatic carbocycles. The lowest BCUT2D eigenvalue weighted by Crippen LogP contribution is -2.50. The summed E-state index contributed by atoms with van der Waals surface area (Å²) in [6, 6.07) is 16.5. The number of aliphatic hydroxyl groups excluding tert-OH is 1. The van der Waals surface area contributed by atoms with Crippen LogP contribution in [0.4, 0.5) is 4.79 Å². The molecule has 0 bridgehead atoms. The highest BCUT2D eigenvalue weighted by atomic mass is 16.6. The van der Waals surface area contributed by atoms with Gasteiger partial charge in [0.05, 0.1) is 12.1 Å². The van der Waals surface area contributed by atoms with Crippen molar-refractivity contribution in [3.63, 3.8) is 0 Å². The number of ether oxygens (including phenoxy) is 1. The monoisotopic (exact) mass is 414 g/mol. The van der Waals surface area contributed by atoms with Gasteiger partial charge in [-0.25, -0.2) is 4.79 Å². The molecule has 4 N–H and O–H groups in total. The zero-order valence-corrected chi connectivity index (χ0v) is 17.5. The number of benzene rings is 2. The molecule has 162 valence electrons. The number of carbonyl (C=O) groups is 2. The first-order chi connectivity index (χ1) is 14.2. The Morgan fingerprint density at radius 2 is 1.57 bits per heavy atom. The van der Waals surface area contributed by atoms with Crippen LogP contribution in [0, 0.1) is 0 Å². The molecule has 30 heavy (non-hydrogen) atoms. The third kappa shape index (κ3) is 7.85. The maximum atomic E-state index is 12.3. The number of carboxylic acid groups (broad SMARTS) is 1. The van der Waals surface area contributed by atoms with Crippen LogP contribution in [0.15, 0.2) is 60.7 Å². The van der Waals surface area contributed by atoms with Crippen LogP contribution in [-0.4, -0.2) is 46.6 Å². The molecule has 0 saturated carbocycles. The van der Waals surface area contributed by atoms with E-state index in [1.807, 2.05) is 30.3 Å². The SMILES string of the molecule is CC(C)(C)OC(=O)N[C@@H](Cc1ccccc1)[C@H](O)CNC(C(=O)O)c1ccccc1. The van der Waals surface area contributed by atoms with E-state index >= 15 is 0 Å². The number of nitrogens with one attached hydrogen (secondary N) is 2. The Morgan fingerprint density at radius 3 is 2.10 bits per heavy atom. The van der Waals surface area contributed by atoms with Gasteiger partial charge in [0, 0.05) is 6.54 Å². The molecule has 0 spiro atoms. The Balaban J connectivity index is 2.09. The number of alkyl carbamates (subject to hydrolysis) is 1. The molecule has 2 aromatic carbocycles. The average molecular weight is 415 g/mol. The molecule has 7 nitrogen and oxygen atoms in total. The quantitative estimate of drug-likeness (QED) is 0.503. The molecule has 0 saturated heterocycles. The van der Waals surface area contributed by atoms with Gasteiger partial charge < -0.3 is 20.3 Å². The first-order valence-corrected chi connectivity index (χ1v) is 9.88. The minimum absolute atomic E-state index is 0.0286. The number of hydrogen-bond donors (Lipinski definition) is 4. The normalized spacial score (nSPS) is 14.4. The maximum absolute atomic E-state index is 12.3. The van der Waals surface area contributed by atoms with Crippen molar-refractivity contribution < 1.29 is 24.5 Å².